The van der Waals surface area contributed by atoms with Gasteiger partial charge in [0.15, 0.2) is 0 Å². The summed E-state index contributed by atoms with van der Waals surface area (Å²) in [6.07, 6.45) is 0. The average molecular weight is 497 g/mol. The number of ether oxygens (including phenoxy) is 1. The Morgan fingerprint density at radius 1 is 1.15 bits per heavy atom. The first kappa shape index (κ1) is 22.1. The Hall–Kier alpha value is -3.69. The third-order valence-electron chi connectivity index (χ3n) is 5.34. The number of halogens is 2. The van der Waals surface area contributed by atoms with E-state index >= 15 is 0 Å². The maximum absolute atomic E-state index is 13.5. The number of pyridine rings is 1. The maximum Gasteiger partial charge on any atom is 0.281 e. The molecule has 7 nitrogen and oxygen atoms in total. The fourth-order valence-corrected chi connectivity index (χ4v) is 4.58. The summed E-state index contributed by atoms with van der Waals surface area (Å²) in [5.41, 5.74) is 1.22. The van der Waals surface area contributed by atoms with Gasteiger partial charge < -0.3 is 9.30 Å². The fourth-order valence-electron chi connectivity index (χ4n) is 3.76. The molecular formula is C24H18ClFN4O3S. The minimum Gasteiger partial charge on any atom is -0.487 e. The summed E-state index contributed by atoms with van der Waals surface area (Å²) in [5, 5.41) is 6.42. The Bertz CT molecular complexity index is 1620. The first-order chi connectivity index (χ1) is 16.4. The van der Waals surface area contributed by atoms with E-state index in [9.17, 15) is 14.0 Å². The van der Waals surface area contributed by atoms with Crippen molar-refractivity contribution in [2.45, 2.75) is 20.1 Å². The molecule has 0 bridgehead atoms. The van der Waals surface area contributed by atoms with Gasteiger partial charge in [-0.15, -0.1) is 11.3 Å². The van der Waals surface area contributed by atoms with Crippen molar-refractivity contribution in [3.63, 3.8) is 0 Å². The van der Waals surface area contributed by atoms with Crippen LogP contribution in [0.15, 0.2) is 69.6 Å². The van der Waals surface area contributed by atoms with Gasteiger partial charge in [0.25, 0.3) is 11.1 Å². The molecule has 0 amide bonds. The number of aryl methyl sites for hydroxylation is 1. The summed E-state index contributed by atoms with van der Waals surface area (Å²) in [6.45, 7) is 1.97. The molecule has 10 heteroatoms. The van der Waals surface area contributed by atoms with Crippen molar-refractivity contribution in [2.24, 2.45) is 0 Å². The molecule has 0 aliphatic rings. The van der Waals surface area contributed by atoms with Crippen LogP contribution in [0.5, 0.6) is 5.75 Å². The highest BCUT2D eigenvalue weighted by molar-refractivity contribution is 7.09. The van der Waals surface area contributed by atoms with Crippen LogP contribution in [0.25, 0.3) is 16.6 Å². The molecule has 3 aromatic heterocycles. The standard InChI is InChI=1S/C24H18ClFN4O3S/c1-14-27-16(13-34-14)11-29-21(12-33-17-8-6-15(26)7-9-17)23-19(10-22(29)31)28-30(24(23)32)20-5-3-2-4-18(20)25/h2-10,13,28H,11-12H2,1H3. The lowest BCUT2D eigenvalue weighted by Gasteiger charge is -2.14. The molecule has 0 saturated carbocycles. The van der Waals surface area contributed by atoms with Crippen molar-refractivity contribution in [1.29, 1.82) is 0 Å². The number of H-pyrrole nitrogens is 1. The van der Waals surface area contributed by atoms with E-state index < -0.39 is 5.82 Å². The Morgan fingerprint density at radius 2 is 1.91 bits per heavy atom. The molecule has 0 fully saturated rings. The Kier molecular flexibility index (Phi) is 5.80. The van der Waals surface area contributed by atoms with Gasteiger partial charge in [-0.2, -0.15) is 0 Å². The lowest BCUT2D eigenvalue weighted by atomic mass is 10.2. The molecule has 0 unspecified atom stereocenters. The molecule has 0 saturated heterocycles. The molecule has 5 rings (SSSR count). The monoisotopic (exact) mass is 496 g/mol. The molecular weight excluding hydrogens is 479 g/mol. The van der Waals surface area contributed by atoms with E-state index in [1.807, 2.05) is 12.3 Å². The molecule has 0 aliphatic carbocycles. The van der Waals surface area contributed by atoms with Gasteiger partial charge in [0.05, 0.1) is 44.6 Å². The zero-order chi connectivity index (χ0) is 23.8. The molecule has 0 spiro atoms. The zero-order valence-corrected chi connectivity index (χ0v) is 19.5. The summed E-state index contributed by atoms with van der Waals surface area (Å²) in [6, 6.07) is 13.8. The number of nitrogens with one attached hydrogen (secondary N) is 1. The van der Waals surface area contributed by atoms with Crippen LogP contribution in [-0.4, -0.2) is 19.3 Å². The molecule has 1 N–H and O–H groups in total. The number of aromatic amines is 1. The SMILES string of the molecule is Cc1nc(Cn2c(COc3ccc(F)cc3)c3c(=O)n(-c4ccccc4Cl)[nH]c3cc2=O)cs1. The summed E-state index contributed by atoms with van der Waals surface area (Å²) in [4.78, 5) is 31.1. The smallest absolute Gasteiger partial charge is 0.281 e. The van der Waals surface area contributed by atoms with Gasteiger partial charge in [-0.3, -0.25) is 14.7 Å². The van der Waals surface area contributed by atoms with Crippen LogP contribution in [0.1, 0.15) is 16.4 Å². The molecule has 2 aromatic carbocycles. The number of para-hydroxylation sites is 1. The lowest BCUT2D eigenvalue weighted by Crippen LogP contribution is -2.26. The maximum atomic E-state index is 13.5. The number of rotatable bonds is 6. The predicted molar refractivity (Wildman–Crippen MR) is 130 cm³/mol. The van der Waals surface area contributed by atoms with Gasteiger partial charge in [-0.05, 0) is 43.3 Å². The van der Waals surface area contributed by atoms with E-state index in [2.05, 4.69) is 10.1 Å². The van der Waals surface area contributed by atoms with Gasteiger partial charge in [0, 0.05) is 11.4 Å². The number of hydrogen-bond donors (Lipinski definition) is 1. The minimum absolute atomic E-state index is 0.0864. The van der Waals surface area contributed by atoms with Crippen LogP contribution >= 0.6 is 22.9 Å². The van der Waals surface area contributed by atoms with E-state index in [1.54, 1.807) is 24.3 Å². The number of hydrogen-bond acceptors (Lipinski definition) is 5. The Morgan fingerprint density at radius 3 is 2.62 bits per heavy atom. The second kappa shape index (κ2) is 8.92. The fraction of sp³-hybridized carbons (Fsp3) is 0.125. The van der Waals surface area contributed by atoms with Crippen molar-refractivity contribution < 1.29 is 9.13 Å². The van der Waals surface area contributed by atoms with Gasteiger partial charge in [-0.1, -0.05) is 23.7 Å². The third kappa shape index (κ3) is 4.15. The van der Waals surface area contributed by atoms with Crippen LogP contribution < -0.4 is 15.9 Å². The van der Waals surface area contributed by atoms with Gasteiger partial charge in [-0.25, -0.2) is 14.1 Å². The minimum atomic E-state index is -0.390. The Balaban J connectivity index is 1.68. The lowest BCUT2D eigenvalue weighted by molar-refractivity contribution is 0.295. The van der Waals surface area contributed by atoms with Crippen LogP contribution in [0.3, 0.4) is 0 Å². The van der Waals surface area contributed by atoms with Gasteiger partial charge in [0.1, 0.15) is 18.2 Å². The summed E-state index contributed by atoms with van der Waals surface area (Å²) >= 11 is 7.79. The highest BCUT2D eigenvalue weighted by Gasteiger charge is 2.20. The van der Waals surface area contributed by atoms with E-state index in [-0.39, 0.29) is 24.3 Å². The molecule has 0 aliphatic heterocycles. The molecule has 172 valence electrons. The van der Waals surface area contributed by atoms with E-state index in [0.29, 0.717) is 38.8 Å². The number of nitrogens with zero attached hydrogens (tertiary/aromatic N) is 3. The normalized spacial score (nSPS) is 11.3. The highest BCUT2D eigenvalue weighted by Crippen LogP contribution is 2.22. The van der Waals surface area contributed by atoms with Gasteiger partial charge >= 0.3 is 0 Å². The number of thiazole rings is 1. The first-order valence-electron chi connectivity index (χ1n) is 10.3. The third-order valence-corrected chi connectivity index (χ3v) is 6.48. The Labute approximate surface area is 201 Å². The van der Waals surface area contributed by atoms with E-state index in [4.69, 9.17) is 16.3 Å². The van der Waals surface area contributed by atoms with Crippen molar-refractivity contribution in [1.82, 2.24) is 19.3 Å². The van der Waals surface area contributed by atoms with E-state index in [1.165, 1.54) is 50.9 Å². The molecule has 5 aromatic rings. The van der Waals surface area contributed by atoms with Crippen LogP contribution in [0, 0.1) is 12.7 Å². The molecule has 0 radical (unpaired) electrons. The summed E-state index contributed by atoms with van der Waals surface area (Å²) in [7, 11) is 0. The first-order valence-corrected chi connectivity index (χ1v) is 11.6. The largest absolute Gasteiger partial charge is 0.487 e. The van der Waals surface area contributed by atoms with Crippen LogP contribution in [0.4, 0.5) is 4.39 Å². The van der Waals surface area contributed by atoms with E-state index in [0.717, 1.165) is 5.01 Å². The van der Waals surface area contributed by atoms with Crippen molar-refractivity contribution >= 4 is 33.8 Å². The van der Waals surface area contributed by atoms with Gasteiger partial charge in [0.2, 0.25) is 0 Å². The predicted octanol–water partition coefficient (Wildman–Crippen LogP) is 4.67. The molecule has 34 heavy (non-hydrogen) atoms. The molecule has 3 heterocycles. The average Bonchev–Trinajstić information content (AvgIpc) is 3.37. The summed E-state index contributed by atoms with van der Waals surface area (Å²) < 4.78 is 21.9. The number of benzene rings is 2. The van der Waals surface area contributed by atoms with Crippen LogP contribution in [0.2, 0.25) is 5.02 Å². The van der Waals surface area contributed by atoms with Crippen LogP contribution in [-0.2, 0) is 13.2 Å². The van der Waals surface area contributed by atoms with Crippen molar-refractivity contribution in [3.05, 3.63) is 108 Å². The quantitative estimate of drug-likeness (QED) is 0.370. The zero-order valence-electron chi connectivity index (χ0n) is 17.9. The number of aromatic nitrogens is 4. The number of fused-ring (bicyclic) bond motifs is 1. The highest BCUT2D eigenvalue weighted by atomic mass is 35.5. The second-order valence-electron chi connectivity index (χ2n) is 7.61. The topological polar surface area (TPSA) is 81.9 Å². The molecule has 0 atom stereocenters. The summed E-state index contributed by atoms with van der Waals surface area (Å²) in [5.74, 6) is 0.0161. The van der Waals surface area contributed by atoms with Crippen molar-refractivity contribution in [2.75, 3.05) is 0 Å². The second-order valence-corrected chi connectivity index (χ2v) is 9.08. The van der Waals surface area contributed by atoms with Crippen molar-refractivity contribution in [3.8, 4) is 11.4 Å².